The third kappa shape index (κ3) is 3.22. The van der Waals surface area contributed by atoms with Crippen LogP contribution in [0.5, 0.6) is 0 Å². The van der Waals surface area contributed by atoms with Crippen LogP contribution in [0.2, 0.25) is 62.8 Å². The van der Waals surface area contributed by atoms with Gasteiger partial charge in [-0.05, 0) is 9.09 Å². The molecule has 0 aliphatic rings. The Labute approximate surface area is 136 Å². The van der Waals surface area contributed by atoms with Gasteiger partial charge >= 0.3 is 0 Å². The van der Waals surface area contributed by atoms with Crippen molar-refractivity contribution in [3.05, 3.63) is 30.3 Å². The molecule has 21 heavy (non-hydrogen) atoms. The van der Waals surface area contributed by atoms with E-state index in [0.717, 1.165) is 0 Å². The van der Waals surface area contributed by atoms with E-state index in [2.05, 4.69) is 89.3 Å². The molecule has 5 heteroatoms. The Hall–Kier alpha value is 0.0475. The molecule has 0 aromatic heterocycles. The van der Waals surface area contributed by atoms with Crippen LogP contribution in [0.1, 0.15) is 0 Å². The summed E-state index contributed by atoms with van der Waals surface area (Å²) in [7, 11) is -6.16. The minimum atomic E-state index is -1.55. The van der Waals surface area contributed by atoms with Gasteiger partial charge < -0.3 is 4.80 Å². The van der Waals surface area contributed by atoms with Gasteiger partial charge in [0, 0.05) is 24.2 Å². The second-order valence-corrected chi connectivity index (χ2v) is 30.0. The standard InChI is InChI=1S/C16H33OSi4/c1-19(2,3)16(20(4,5)6,21(7,8)9)18(17)15-13-11-10-12-14-15/h10-14,17H,1-9H3. The number of benzene rings is 1. The summed E-state index contributed by atoms with van der Waals surface area (Å²) in [4.78, 5) is 11.6. The zero-order valence-electron chi connectivity index (χ0n) is 15.3. The average Bonchev–Trinajstić information content (AvgIpc) is 2.24. The maximum absolute atomic E-state index is 11.6. The SMILES string of the molecule is C[Si](C)(C)C([Si](O)c1ccccc1)([Si](C)(C)C)[Si](C)(C)C. The van der Waals surface area contributed by atoms with Crippen LogP contribution >= 0.6 is 0 Å². The van der Waals surface area contributed by atoms with E-state index in [4.69, 9.17) is 0 Å². The summed E-state index contributed by atoms with van der Waals surface area (Å²) in [6.07, 6.45) is 0. The Morgan fingerprint density at radius 3 is 1.33 bits per heavy atom. The van der Waals surface area contributed by atoms with Crippen LogP contribution in [-0.2, 0) is 0 Å². The summed E-state index contributed by atoms with van der Waals surface area (Å²) < 4.78 is 0.249. The molecule has 0 amide bonds. The van der Waals surface area contributed by atoms with Gasteiger partial charge in [0.1, 0.15) is 0 Å². The molecule has 0 heterocycles. The molecule has 0 fully saturated rings. The lowest BCUT2D eigenvalue weighted by Gasteiger charge is -2.60. The van der Waals surface area contributed by atoms with Crippen LogP contribution < -0.4 is 5.19 Å². The van der Waals surface area contributed by atoms with E-state index in [1.165, 1.54) is 5.19 Å². The fraction of sp³-hybridized carbons (Fsp3) is 0.625. The Morgan fingerprint density at radius 1 is 0.714 bits per heavy atom. The van der Waals surface area contributed by atoms with Gasteiger partial charge in [-0.1, -0.05) is 89.3 Å². The van der Waals surface area contributed by atoms with E-state index >= 15 is 0 Å². The molecular formula is C16H33OSi4. The highest BCUT2D eigenvalue weighted by atomic mass is 28.5. The number of rotatable bonds is 5. The molecule has 0 aliphatic carbocycles. The first kappa shape index (κ1) is 19.1. The summed E-state index contributed by atoms with van der Waals surface area (Å²) in [6, 6.07) is 10.5. The van der Waals surface area contributed by atoms with Crippen LogP contribution in [-0.4, -0.2) is 38.1 Å². The number of hydrogen-bond acceptors (Lipinski definition) is 1. The Bertz CT molecular complexity index is 430. The van der Waals surface area contributed by atoms with E-state index in [9.17, 15) is 4.80 Å². The fourth-order valence-corrected chi connectivity index (χ4v) is 43.0. The first-order valence-electron chi connectivity index (χ1n) is 7.88. The van der Waals surface area contributed by atoms with Gasteiger partial charge in [-0.15, -0.1) is 0 Å². The lowest BCUT2D eigenvalue weighted by molar-refractivity contribution is 0.579. The molecule has 0 aliphatic heterocycles. The van der Waals surface area contributed by atoms with Crippen LogP contribution in [0.15, 0.2) is 30.3 Å². The molecule has 119 valence electrons. The van der Waals surface area contributed by atoms with Crippen LogP contribution in [0.4, 0.5) is 0 Å². The van der Waals surface area contributed by atoms with E-state index in [1.54, 1.807) is 0 Å². The lowest BCUT2D eigenvalue weighted by atomic mass is 10.4. The van der Waals surface area contributed by atoms with Gasteiger partial charge in [-0.3, -0.25) is 0 Å². The van der Waals surface area contributed by atoms with Gasteiger partial charge in [0.2, 0.25) is 9.04 Å². The largest absolute Gasteiger partial charge is 0.427 e. The molecule has 0 spiro atoms. The molecule has 0 unspecified atom stereocenters. The van der Waals surface area contributed by atoms with Crippen molar-refractivity contribution in [3.8, 4) is 0 Å². The molecule has 0 atom stereocenters. The molecule has 0 saturated carbocycles. The fourth-order valence-electron chi connectivity index (χ4n) is 5.25. The minimum absolute atomic E-state index is 0.249. The molecule has 1 aromatic carbocycles. The summed E-state index contributed by atoms with van der Waals surface area (Å²) in [5.41, 5.74) is 0. The molecule has 0 bridgehead atoms. The Kier molecular flexibility index (Phi) is 5.38. The summed E-state index contributed by atoms with van der Waals surface area (Å²) in [5, 5.41) is 1.22. The van der Waals surface area contributed by atoms with E-state index in [0.29, 0.717) is 0 Å². The lowest BCUT2D eigenvalue weighted by Crippen LogP contribution is -2.74. The van der Waals surface area contributed by atoms with Gasteiger partial charge in [0.25, 0.3) is 0 Å². The van der Waals surface area contributed by atoms with Crippen molar-refractivity contribution in [2.24, 2.45) is 0 Å². The van der Waals surface area contributed by atoms with E-state index < -0.39 is 33.3 Å². The zero-order valence-corrected chi connectivity index (χ0v) is 19.3. The minimum Gasteiger partial charge on any atom is -0.427 e. The van der Waals surface area contributed by atoms with Gasteiger partial charge in [-0.2, -0.15) is 0 Å². The Morgan fingerprint density at radius 2 is 1.05 bits per heavy atom. The highest BCUT2D eigenvalue weighted by Gasteiger charge is 2.64. The molecular weight excluding hydrogens is 321 g/mol. The molecule has 1 aromatic rings. The summed E-state index contributed by atoms with van der Waals surface area (Å²) in [6.45, 7) is 22.4. The molecule has 1 rings (SSSR count). The van der Waals surface area contributed by atoms with Crippen molar-refractivity contribution in [3.63, 3.8) is 0 Å². The maximum atomic E-state index is 11.6. The van der Waals surface area contributed by atoms with Crippen LogP contribution in [0, 0.1) is 0 Å². The highest BCUT2D eigenvalue weighted by Crippen LogP contribution is 2.54. The Balaban J connectivity index is 3.67. The van der Waals surface area contributed by atoms with Gasteiger partial charge in [-0.25, -0.2) is 0 Å². The second-order valence-electron chi connectivity index (χ2n) is 9.21. The van der Waals surface area contributed by atoms with Crippen molar-refractivity contribution >= 4 is 38.4 Å². The third-order valence-electron chi connectivity index (χ3n) is 4.78. The smallest absolute Gasteiger partial charge is 0.240 e. The quantitative estimate of drug-likeness (QED) is 0.785. The predicted octanol–water partition coefficient (Wildman–Crippen LogP) is 4.25. The van der Waals surface area contributed by atoms with Crippen molar-refractivity contribution < 1.29 is 4.80 Å². The van der Waals surface area contributed by atoms with Crippen LogP contribution in [0.3, 0.4) is 0 Å². The number of hydrogen-bond donors (Lipinski definition) is 1. The topological polar surface area (TPSA) is 20.2 Å². The zero-order chi connectivity index (χ0) is 16.7. The van der Waals surface area contributed by atoms with Crippen molar-refractivity contribution in [2.75, 3.05) is 0 Å². The van der Waals surface area contributed by atoms with E-state index in [-0.39, 0.29) is 3.91 Å². The molecule has 0 saturated heterocycles. The average molecular weight is 354 g/mol. The maximum Gasteiger partial charge on any atom is 0.240 e. The predicted molar refractivity (Wildman–Crippen MR) is 107 cm³/mol. The molecule has 1 nitrogen and oxygen atoms in total. The third-order valence-corrected chi connectivity index (χ3v) is 35.5. The van der Waals surface area contributed by atoms with Gasteiger partial charge in [0.15, 0.2) is 0 Å². The molecule has 1 radical (unpaired) electrons. The monoisotopic (exact) mass is 353 g/mol. The van der Waals surface area contributed by atoms with E-state index in [1.807, 2.05) is 0 Å². The summed E-state index contributed by atoms with van der Waals surface area (Å²) in [5.74, 6) is 0. The molecule has 1 N–H and O–H groups in total. The van der Waals surface area contributed by atoms with Crippen molar-refractivity contribution in [1.29, 1.82) is 0 Å². The van der Waals surface area contributed by atoms with Gasteiger partial charge in [0.05, 0.1) is 0 Å². The highest BCUT2D eigenvalue weighted by molar-refractivity contribution is 7.26. The second kappa shape index (κ2) is 5.92. The summed E-state index contributed by atoms with van der Waals surface area (Å²) >= 11 is 0. The first-order chi connectivity index (χ1) is 9.27. The first-order valence-corrected chi connectivity index (χ1v) is 19.8. The van der Waals surface area contributed by atoms with Crippen LogP contribution in [0.25, 0.3) is 0 Å². The normalized spacial score (nSPS) is 14.6. The van der Waals surface area contributed by atoms with Crippen molar-refractivity contribution in [1.82, 2.24) is 0 Å². The van der Waals surface area contributed by atoms with Crippen molar-refractivity contribution in [2.45, 2.75) is 62.8 Å².